The number of fused-ring (bicyclic) bond motifs is 2. The van der Waals surface area contributed by atoms with Crippen molar-refractivity contribution in [3.63, 3.8) is 0 Å². The molecule has 0 saturated heterocycles. The van der Waals surface area contributed by atoms with Gasteiger partial charge in [-0.1, -0.05) is 18.2 Å². The number of hydrogen-bond donors (Lipinski definition) is 0. The molecule has 156 valence electrons. The van der Waals surface area contributed by atoms with Crippen molar-refractivity contribution in [3.05, 3.63) is 101 Å². The first-order valence-electron chi connectivity index (χ1n) is 9.86. The molecule has 0 fully saturated rings. The lowest BCUT2D eigenvalue weighted by Gasteiger charge is -2.20. The largest absolute Gasteiger partial charge is 0.456 e. The third kappa shape index (κ3) is 3.02. The van der Waals surface area contributed by atoms with E-state index in [1.807, 2.05) is 42.5 Å². The Kier molecular flexibility index (Phi) is 4.07. The number of halogens is 1. The predicted octanol–water partition coefficient (Wildman–Crippen LogP) is 4.70. The average Bonchev–Trinajstić information content (AvgIpc) is 3.45. The van der Waals surface area contributed by atoms with Crippen molar-refractivity contribution in [1.29, 1.82) is 0 Å². The van der Waals surface area contributed by atoms with Crippen LogP contribution in [0.1, 0.15) is 16.7 Å². The Bertz CT molecular complexity index is 1370. The van der Waals surface area contributed by atoms with Crippen LogP contribution >= 0.6 is 0 Å². The van der Waals surface area contributed by atoms with Crippen LogP contribution < -0.4 is 14.2 Å². The van der Waals surface area contributed by atoms with Crippen molar-refractivity contribution in [2.75, 3.05) is 6.79 Å². The maximum atomic E-state index is 13.3. The Hall–Kier alpha value is -4.39. The van der Waals surface area contributed by atoms with Crippen LogP contribution in [0.3, 0.4) is 0 Å². The molecule has 3 aromatic rings. The van der Waals surface area contributed by atoms with Crippen LogP contribution in [0.2, 0.25) is 0 Å². The van der Waals surface area contributed by atoms with E-state index in [0.29, 0.717) is 39.7 Å². The van der Waals surface area contributed by atoms with E-state index in [0.717, 1.165) is 5.56 Å². The second-order valence-corrected chi connectivity index (χ2v) is 7.25. The lowest BCUT2D eigenvalue weighted by molar-refractivity contribution is -0.129. The van der Waals surface area contributed by atoms with Crippen LogP contribution in [0.5, 0.6) is 17.2 Å². The molecule has 6 rings (SSSR count). The molecular weight excluding hydrogens is 413 g/mol. The average molecular weight is 427 g/mol. The van der Waals surface area contributed by atoms with Gasteiger partial charge in [0.15, 0.2) is 17.2 Å². The normalized spacial score (nSPS) is 18.5. The van der Waals surface area contributed by atoms with Crippen LogP contribution in [-0.4, -0.2) is 18.7 Å². The van der Waals surface area contributed by atoms with Gasteiger partial charge in [0.2, 0.25) is 12.7 Å². The topological polar surface area (TPSA) is 66.4 Å². The van der Waals surface area contributed by atoms with Crippen molar-refractivity contribution >= 4 is 23.2 Å². The highest BCUT2D eigenvalue weighted by molar-refractivity contribution is 6.15. The van der Waals surface area contributed by atoms with E-state index in [9.17, 15) is 9.18 Å². The summed E-state index contributed by atoms with van der Waals surface area (Å²) in [6, 6.07) is 18.5. The molecule has 0 radical (unpaired) electrons. The molecule has 6 nitrogen and oxygen atoms in total. The van der Waals surface area contributed by atoms with Crippen molar-refractivity contribution in [1.82, 2.24) is 0 Å². The maximum absolute atomic E-state index is 13.3. The molecule has 0 saturated carbocycles. The number of allylic oxidation sites excluding steroid dienone is 2. The number of esters is 1. The van der Waals surface area contributed by atoms with E-state index in [2.05, 4.69) is 4.99 Å². The van der Waals surface area contributed by atoms with Gasteiger partial charge < -0.3 is 18.9 Å². The maximum Gasteiger partial charge on any atom is 0.364 e. The van der Waals surface area contributed by atoms with Crippen LogP contribution in [0.4, 0.5) is 4.39 Å². The first-order valence-corrected chi connectivity index (χ1v) is 9.86. The first-order chi connectivity index (χ1) is 15.7. The van der Waals surface area contributed by atoms with E-state index in [4.69, 9.17) is 18.9 Å². The number of rotatable bonds is 2. The van der Waals surface area contributed by atoms with Crippen LogP contribution in [0, 0.1) is 5.82 Å². The van der Waals surface area contributed by atoms with Gasteiger partial charge in [0, 0.05) is 22.3 Å². The lowest BCUT2D eigenvalue weighted by Crippen LogP contribution is -2.08. The number of carbonyl (C=O) groups is 1. The van der Waals surface area contributed by atoms with E-state index in [1.165, 1.54) is 24.3 Å². The fourth-order valence-corrected chi connectivity index (χ4v) is 3.72. The van der Waals surface area contributed by atoms with Crippen molar-refractivity contribution in [3.8, 4) is 17.2 Å². The van der Waals surface area contributed by atoms with E-state index >= 15 is 0 Å². The minimum atomic E-state index is -0.586. The highest BCUT2D eigenvalue weighted by Gasteiger charge is 2.31. The monoisotopic (exact) mass is 427 g/mol. The molecular formula is C25H14FNO5. The van der Waals surface area contributed by atoms with E-state index in [-0.39, 0.29) is 24.2 Å². The molecule has 7 heteroatoms. The summed E-state index contributed by atoms with van der Waals surface area (Å²) in [6.07, 6.45) is 1.76. The molecule has 0 unspecified atom stereocenters. The van der Waals surface area contributed by atoms with Gasteiger partial charge in [0.25, 0.3) is 0 Å². The number of nitrogens with zero attached hydrogens (tertiary/aromatic N) is 1. The van der Waals surface area contributed by atoms with Gasteiger partial charge in [0.1, 0.15) is 17.3 Å². The fourth-order valence-electron chi connectivity index (χ4n) is 3.72. The van der Waals surface area contributed by atoms with Crippen molar-refractivity contribution in [2.45, 2.75) is 0 Å². The van der Waals surface area contributed by atoms with Gasteiger partial charge in [-0.05, 0) is 54.6 Å². The zero-order chi connectivity index (χ0) is 21.7. The molecule has 0 bridgehead atoms. The molecule has 0 spiro atoms. The van der Waals surface area contributed by atoms with Crippen LogP contribution in [0.15, 0.2) is 83.5 Å². The van der Waals surface area contributed by atoms with Gasteiger partial charge in [0.05, 0.1) is 0 Å². The smallest absolute Gasteiger partial charge is 0.364 e. The molecule has 3 aliphatic rings. The Labute approximate surface area is 181 Å². The van der Waals surface area contributed by atoms with Crippen LogP contribution in [-0.2, 0) is 9.53 Å². The summed E-state index contributed by atoms with van der Waals surface area (Å²) in [6.45, 7) is 0.170. The summed E-state index contributed by atoms with van der Waals surface area (Å²) in [5.41, 5.74) is 2.71. The number of cyclic esters (lactones) is 1. The highest BCUT2D eigenvalue weighted by atomic mass is 19.1. The second-order valence-electron chi connectivity index (χ2n) is 7.25. The fraction of sp³-hybridized carbons (Fsp3) is 0.0400. The first kappa shape index (κ1) is 18.4. The van der Waals surface area contributed by atoms with Gasteiger partial charge in [-0.3, -0.25) is 0 Å². The minimum Gasteiger partial charge on any atom is -0.456 e. The summed E-state index contributed by atoms with van der Waals surface area (Å²) in [5, 5.41) is 0. The van der Waals surface area contributed by atoms with Gasteiger partial charge in [-0.25, -0.2) is 14.2 Å². The van der Waals surface area contributed by atoms with Gasteiger partial charge >= 0.3 is 5.97 Å². The number of aliphatic imine (C=N–C) groups is 1. The summed E-state index contributed by atoms with van der Waals surface area (Å²) in [7, 11) is 0. The zero-order valence-electron chi connectivity index (χ0n) is 16.5. The van der Waals surface area contributed by atoms with E-state index < -0.39 is 5.97 Å². The summed E-state index contributed by atoms with van der Waals surface area (Å²) in [5.74, 6) is 1.56. The zero-order valence-corrected chi connectivity index (χ0v) is 16.5. The summed E-state index contributed by atoms with van der Waals surface area (Å²) < 4.78 is 35.6. The number of carbonyl (C=O) groups excluding carboxylic acids is 1. The third-order valence-corrected chi connectivity index (χ3v) is 5.27. The van der Waals surface area contributed by atoms with Gasteiger partial charge in [-0.15, -0.1) is 0 Å². The molecule has 0 N–H and O–H groups in total. The predicted molar refractivity (Wildman–Crippen MR) is 114 cm³/mol. The van der Waals surface area contributed by atoms with Crippen LogP contribution in [0.25, 0.3) is 11.3 Å². The van der Waals surface area contributed by atoms with E-state index in [1.54, 1.807) is 6.08 Å². The second kappa shape index (κ2) is 7.09. The number of para-hydroxylation sites is 1. The Morgan fingerprint density at radius 3 is 2.47 bits per heavy atom. The molecule has 0 aliphatic carbocycles. The van der Waals surface area contributed by atoms with Gasteiger partial charge in [-0.2, -0.15) is 0 Å². The molecule has 3 aromatic carbocycles. The minimum absolute atomic E-state index is 0.125. The summed E-state index contributed by atoms with van der Waals surface area (Å²) >= 11 is 0. The molecule has 0 amide bonds. The molecule has 32 heavy (non-hydrogen) atoms. The SMILES string of the molecule is O=C1OC(c2ccc(F)cc2)=NC1=C1C=C(c2ccc3c(c2)OCO3)Oc2ccccc21. The Morgan fingerprint density at radius 2 is 1.59 bits per heavy atom. The summed E-state index contributed by atoms with van der Waals surface area (Å²) in [4.78, 5) is 17.2. The molecule has 3 aliphatic heterocycles. The quantitative estimate of drug-likeness (QED) is 0.438. The third-order valence-electron chi connectivity index (χ3n) is 5.27. The molecule has 3 heterocycles. The van der Waals surface area contributed by atoms with Crippen molar-refractivity contribution in [2.24, 2.45) is 4.99 Å². The molecule has 0 atom stereocenters. The van der Waals surface area contributed by atoms with Crippen molar-refractivity contribution < 1.29 is 28.1 Å². The molecule has 0 aromatic heterocycles. The number of benzene rings is 3. The lowest BCUT2D eigenvalue weighted by atomic mass is 9.97. The standard InChI is InChI=1S/C25H14FNO5/c26-16-8-5-14(6-9-16)24-27-23(25(28)32-24)18-12-21(31-19-4-2-1-3-17(18)19)15-7-10-20-22(11-15)30-13-29-20/h1-12H,13H2. The number of ether oxygens (including phenoxy) is 4. The highest BCUT2D eigenvalue weighted by Crippen LogP contribution is 2.42. The number of hydrogen-bond acceptors (Lipinski definition) is 6. The Morgan fingerprint density at radius 1 is 0.812 bits per heavy atom. The Balaban J connectivity index is 1.49.